The lowest BCUT2D eigenvalue weighted by atomic mass is 10.2. The maximum Gasteiger partial charge on any atom is 0.168 e. The van der Waals surface area contributed by atoms with Gasteiger partial charge in [-0.1, -0.05) is 11.6 Å². The highest BCUT2D eigenvalue weighted by Gasteiger charge is 2.05. The molecule has 20 heavy (non-hydrogen) atoms. The minimum Gasteiger partial charge on any atom is -0.595 e. The lowest BCUT2D eigenvalue weighted by Gasteiger charge is -2.12. The smallest absolute Gasteiger partial charge is 0.168 e. The summed E-state index contributed by atoms with van der Waals surface area (Å²) >= 11 is 5.58. The number of quaternary nitrogens is 1. The molecule has 1 aromatic heterocycles. The lowest BCUT2D eigenvalue weighted by molar-refractivity contribution is -0.991. The lowest BCUT2D eigenvalue weighted by Crippen LogP contribution is -2.99. The van der Waals surface area contributed by atoms with Crippen LogP contribution in [0.2, 0.25) is 5.15 Å². The van der Waals surface area contributed by atoms with Crippen LogP contribution >= 0.6 is 11.6 Å². The van der Waals surface area contributed by atoms with Crippen LogP contribution in [0.25, 0.3) is 0 Å². The maximum absolute atomic E-state index is 10.8. The molecule has 1 atom stereocenters. The molecule has 2 aromatic rings. The van der Waals surface area contributed by atoms with Gasteiger partial charge < -0.3 is 10.3 Å². The van der Waals surface area contributed by atoms with E-state index >= 15 is 0 Å². The first-order chi connectivity index (χ1) is 9.56. The predicted molar refractivity (Wildman–Crippen MR) is 72.1 cm³/mol. The number of anilines is 1. The summed E-state index contributed by atoms with van der Waals surface area (Å²) in [6, 6.07) is 6.99. The van der Waals surface area contributed by atoms with Crippen molar-refractivity contribution in [3.8, 4) is 5.75 Å². The van der Waals surface area contributed by atoms with E-state index in [-0.39, 0.29) is 22.2 Å². The van der Waals surface area contributed by atoms with Crippen molar-refractivity contribution in [3.05, 3.63) is 46.3 Å². The van der Waals surface area contributed by atoms with Gasteiger partial charge in [0.25, 0.3) is 0 Å². The molecule has 104 valence electrons. The van der Waals surface area contributed by atoms with Gasteiger partial charge in [-0.2, -0.15) is 10.3 Å². The Bertz CT molecular complexity index is 618. The monoisotopic (exact) mass is 295 g/mol. The van der Waals surface area contributed by atoms with Gasteiger partial charge in [0.2, 0.25) is 0 Å². The van der Waals surface area contributed by atoms with Crippen molar-refractivity contribution < 1.29 is 15.5 Å². The van der Waals surface area contributed by atoms with E-state index in [1.807, 2.05) is 0 Å². The molecule has 8 nitrogen and oxygen atoms in total. The van der Waals surface area contributed by atoms with Gasteiger partial charge in [0.1, 0.15) is 5.75 Å². The molecule has 0 bridgehead atoms. The van der Waals surface area contributed by atoms with Crippen molar-refractivity contribution in [2.75, 3.05) is 5.43 Å². The number of nitrogens with zero attached hydrogens (tertiary/aromatic N) is 3. The first-order valence-corrected chi connectivity index (χ1v) is 5.78. The highest BCUT2D eigenvalue weighted by molar-refractivity contribution is 6.29. The Kier molecular flexibility index (Phi) is 4.43. The number of rotatable bonds is 4. The van der Waals surface area contributed by atoms with E-state index in [1.54, 1.807) is 6.07 Å². The molecule has 0 fully saturated rings. The number of nitrogens with one attached hydrogen (secondary N) is 2. The van der Waals surface area contributed by atoms with Crippen LogP contribution in [-0.2, 0) is 0 Å². The van der Waals surface area contributed by atoms with E-state index in [0.717, 1.165) is 0 Å². The zero-order chi connectivity index (χ0) is 14.5. The summed E-state index contributed by atoms with van der Waals surface area (Å²) in [6.45, 7) is 0. The topological polar surface area (TPSA) is 118 Å². The maximum atomic E-state index is 10.8. The van der Waals surface area contributed by atoms with Crippen LogP contribution in [0, 0.1) is 5.21 Å². The van der Waals surface area contributed by atoms with Crippen molar-refractivity contribution in [2.45, 2.75) is 0 Å². The van der Waals surface area contributed by atoms with E-state index in [9.17, 15) is 10.3 Å². The molecule has 1 unspecified atom stereocenters. The highest BCUT2D eigenvalue weighted by Crippen LogP contribution is 2.17. The van der Waals surface area contributed by atoms with Gasteiger partial charge in [-0.05, 0) is 18.2 Å². The van der Waals surface area contributed by atoms with Gasteiger partial charge in [-0.25, -0.2) is 5.21 Å². The molecule has 0 aliphatic rings. The molecule has 1 heterocycles. The summed E-state index contributed by atoms with van der Waals surface area (Å²) in [4.78, 5) is 0. The van der Waals surface area contributed by atoms with Crippen molar-refractivity contribution in [1.29, 1.82) is 0 Å². The summed E-state index contributed by atoms with van der Waals surface area (Å²) in [5.41, 5.74) is 2.89. The van der Waals surface area contributed by atoms with Gasteiger partial charge in [0.15, 0.2) is 16.7 Å². The molecular formula is C11H10ClN5O3. The van der Waals surface area contributed by atoms with Crippen LogP contribution in [0.15, 0.2) is 35.4 Å². The van der Waals surface area contributed by atoms with E-state index in [2.05, 4.69) is 20.7 Å². The van der Waals surface area contributed by atoms with Gasteiger partial charge in [0, 0.05) is 17.7 Å². The molecule has 0 saturated heterocycles. The largest absolute Gasteiger partial charge is 0.595 e. The molecule has 0 aliphatic carbocycles. The molecular weight excluding hydrogens is 286 g/mol. The minimum absolute atomic E-state index is 0.0514. The fraction of sp³-hybridized carbons (Fsp3) is 0. The van der Waals surface area contributed by atoms with Crippen molar-refractivity contribution >= 4 is 29.3 Å². The third-order valence-corrected chi connectivity index (χ3v) is 2.49. The molecule has 2 rings (SSSR count). The predicted octanol–water partition coefficient (Wildman–Crippen LogP) is 0.685. The first-order valence-electron chi connectivity index (χ1n) is 5.41. The Labute approximate surface area is 118 Å². The zero-order valence-corrected chi connectivity index (χ0v) is 10.7. The normalized spacial score (nSPS) is 12.6. The number of aromatic nitrogens is 2. The van der Waals surface area contributed by atoms with Crippen LogP contribution in [0.3, 0.4) is 0 Å². The molecule has 0 saturated carbocycles. The van der Waals surface area contributed by atoms with Gasteiger partial charge in [0.05, 0.1) is 6.21 Å². The summed E-state index contributed by atoms with van der Waals surface area (Å²) < 4.78 is 0. The number of aromatic hydroxyl groups is 1. The Morgan fingerprint density at radius 1 is 1.30 bits per heavy atom. The Morgan fingerprint density at radius 2 is 2.10 bits per heavy atom. The van der Waals surface area contributed by atoms with Gasteiger partial charge >= 0.3 is 0 Å². The second-order valence-electron chi connectivity index (χ2n) is 3.69. The first kappa shape index (κ1) is 14.2. The number of halogens is 1. The SMILES string of the molecule is [O-][NH+](O)c1ccc(O)c(C=NNc2ccc(Cl)nn2)c1. The second kappa shape index (κ2) is 6.26. The average Bonchev–Trinajstić information content (AvgIpc) is 2.43. The second-order valence-corrected chi connectivity index (χ2v) is 4.08. The summed E-state index contributed by atoms with van der Waals surface area (Å²) in [5, 5.41) is 39.6. The number of benzene rings is 1. The third kappa shape index (κ3) is 3.62. The number of hydrogen-bond acceptors (Lipinski definition) is 7. The third-order valence-electron chi connectivity index (χ3n) is 2.29. The highest BCUT2D eigenvalue weighted by atomic mass is 35.5. The van der Waals surface area contributed by atoms with Crippen molar-refractivity contribution in [1.82, 2.24) is 10.2 Å². The molecule has 0 amide bonds. The van der Waals surface area contributed by atoms with Gasteiger partial charge in [-0.15, -0.1) is 10.2 Å². The van der Waals surface area contributed by atoms with E-state index in [4.69, 9.17) is 16.8 Å². The molecule has 4 N–H and O–H groups in total. The number of phenols is 1. The number of hydrogen-bond donors (Lipinski definition) is 4. The summed E-state index contributed by atoms with van der Waals surface area (Å²) in [5.74, 6) is 0.280. The standard InChI is InChI=1S/C11H10ClN5O3/c12-10-3-4-11(16-14-10)15-13-6-7-5-8(17(19)20)1-2-9(7)18/h1-6,17-19H,(H,15,16). The van der Waals surface area contributed by atoms with Crippen LogP contribution in [0.4, 0.5) is 11.5 Å². The van der Waals surface area contributed by atoms with Crippen LogP contribution in [0.1, 0.15) is 5.56 Å². The minimum atomic E-state index is -1.09. The quantitative estimate of drug-likeness (QED) is 0.374. The molecule has 9 heteroatoms. The number of hydrazone groups is 1. The van der Waals surface area contributed by atoms with E-state index in [0.29, 0.717) is 5.82 Å². The fourth-order valence-electron chi connectivity index (χ4n) is 1.33. The molecule has 1 aromatic carbocycles. The van der Waals surface area contributed by atoms with Crippen molar-refractivity contribution in [2.24, 2.45) is 5.10 Å². The molecule has 0 radical (unpaired) electrons. The Morgan fingerprint density at radius 3 is 2.75 bits per heavy atom. The van der Waals surface area contributed by atoms with E-state index in [1.165, 1.54) is 30.5 Å². The van der Waals surface area contributed by atoms with Crippen LogP contribution in [-0.4, -0.2) is 26.7 Å². The molecule has 0 aliphatic heterocycles. The van der Waals surface area contributed by atoms with Crippen LogP contribution < -0.4 is 10.7 Å². The van der Waals surface area contributed by atoms with Crippen LogP contribution in [0.5, 0.6) is 5.75 Å². The summed E-state index contributed by atoms with van der Waals surface area (Å²) in [6.07, 6.45) is 1.28. The van der Waals surface area contributed by atoms with Crippen molar-refractivity contribution in [3.63, 3.8) is 0 Å². The van der Waals surface area contributed by atoms with Gasteiger partial charge in [-0.3, -0.25) is 5.43 Å². The molecule has 0 spiro atoms. The number of phenolic OH excluding ortho intramolecular Hbond substituents is 1. The summed E-state index contributed by atoms with van der Waals surface area (Å²) in [7, 11) is 0. The average molecular weight is 296 g/mol. The Balaban J connectivity index is 2.11. The zero-order valence-electron chi connectivity index (χ0n) is 9.99. The Hall–Kier alpha value is -2.26. The van der Waals surface area contributed by atoms with E-state index < -0.39 is 5.23 Å². The fourth-order valence-corrected chi connectivity index (χ4v) is 1.44.